The summed E-state index contributed by atoms with van der Waals surface area (Å²) in [5.74, 6) is -4.22. The standard InChI is InChI=1S/C41H54F2N6O9S/c1-21-28-19-49(29(21)32(50)47-41(18-24(41)31(42)43)35(52)48-59(54,55)38(5)14-15-38)34(51)30(37(2,3)4)46-36(53)58-39(6)20-40(39)17-22(40)10-8-9-11-26-33(57-28)45-27-16-23(56-7)12-13-25(27)44-26/h12-13,16,21-22,24,28-31H,8-11,14-15,17-20H2,1-7H3,(H,46,53)(H,47,50)(H,48,52)/t21-,22?,24+,28+,29+,30-,39-,40?,41-/m1/s1. The Hall–Kier alpha value is -4.35. The highest BCUT2D eigenvalue weighted by atomic mass is 32.2. The van der Waals surface area contributed by atoms with Gasteiger partial charge < -0.3 is 29.7 Å². The molecule has 2 aromatic rings. The smallest absolute Gasteiger partial charge is 0.408 e. The molecule has 6 aliphatic rings. The molecule has 2 unspecified atom stereocenters. The van der Waals surface area contributed by atoms with Gasteiger partial charge in [-0.1, -0.05) is 34.1 Å². The number of aryl methyl sites for hydroxylation is 1. The highest BCUT2D eigenvalue weighted by molar-refractivity contribution is 7.91. The Morgan fingerprint density at radius 2 is 1.81 bits per heavy atom. The number of hydrogen-bond acceptors (Lipinski definition) is 11. The molecule has 5 fully saturated rings. The minimum absolute atomic E-state index is 0.106. The van der Waals surface area contributed by atoms with Crippen LogP contribution >= 0.6 is 0 Å². The van der Waals surface area contributed by atoms with Crippen molar-refractivity contribution in [2.75, 3.05) is 13.7 Å². The largest absolute Gasteiger partial charge is 0.497 e. The number of carbonyl (C=O) groups excluding carboxylic acids is 4. The van der Waals surface area contributed by atoms with Crippen molar-refractivity contribution in [2.24, 2.45) is 28.6 Å². The summed E-state index contributed by atoms with van der Waals surface area (Å²) in [6.07, 6.45) is 0.117. The quantitative estimate of drug-likeness (QED) is 0.358. The second-order valence-electron chi connectivity index (χ2n) is 19.3. The lowest BCUT2D eigenvalue weighted by Gasteiger charge is -2.36. The molecule has 0 radical (unpaired) electrons. The predicted molar refractivity (Wildman–Crippen MR) is 209 cm³/mol. The topological polar surface area (TPSA) is 195 Å². The number of rotatable bonds is 7. The van der Waals surface area contributed by atoms with Crippen LogP contribution in [0.3, 0.4) is 0 Å². The number of methoxy groups -OCH3 is 1. The van der Waals surface area contributed by atoms with Crippen LogP contribution in [0.5, 0.6) is 11.6 Å². The van der Waals surface area contributed by atoms with E-state index >= 15 is 0 Å². The number of alkyl carbamates (subject to hydrolysis) is 1. The number of fused-ring (bicyclic) bond motifs is 4. The zero-order valence-electron chi connectivity index (χ0n) is 34.5. The fourth-order valence-electron chi connectivity index (χ4n) is 9.59. The van der Waals surface area contributed by atoms with E-state index in [1.54, 1.807) is 45.9 Å². The molecule has 15 nitrogen and oxygen atoms in total. The molecule has 4 amide bonds. The molecular weight excluding hydrogens is 791 g/mol. The Kier molecular flexibility index (Phi) is 9.71. The molecule has 3 N–H and O–H groups in total. The first-order valence-corrected chi connectivity index (χ1v) is 22.0. The van der Waals surface area contributed by atoms with Gasteiger partial charge in [-0.15, -0.1) is 0 Å². The van der Waals surface area contributed by atoms with Crippen molar-refractivity contribution in [3.8, 4) is 11.6 Å². The maximum absolute atomic E-state index is 14.9. The summed E-state index contributed by atoms with van der Waals surface area (Å²) in [5.41, 5.74) is -2.25. The van der Waals surface area contributed by atoms with Gasteiger partial charge >= 0.3 is 6.09 Å². The van der Waals surface area contributed by atoms with Crippen molar-refractivity contribution < 1.29 is 50.6 Å². The van der Waals surface area contributed by atoms with Gasteiger partial charge in [0.1, 0.15) is 40.8 Å². The molecule has 3 heterocycles. The number of nitrogens with zero attached hydrogens (tertiary/aromatic N) is 3. The minimum atomic E-state index is -4.24. The van der Waals surface area contributed by atoms with E-state index in [4.69, 9.17) is 24.2 Å². The van der Waals surface area contributed by atoms with Crippen LogP contribution < -0.4 is 24.8 Å². The number of amides is 4. The van der Waals surface area contributed by atoms with Crippen LogP contribution in [0, 0.1) is 28.6 Å². The van der Waals surface area contributed by atoms with Gasteiger partial charge in [0.15, 0.2) is 0 Å². The van der Waals surface area contributed by atoms with Gasteiger partial charge in [-0.2, -0.15) is 0 Å². The van der Waals surface area contributed by atoms with Crippen LogP contribution in [0.15, 0.2) is 18.2 Å². The number of nitrogens with one attached hydrogen (secondary N) is 3. The average molecular weight is 845 g/mol. The fraction of sp³-hybridized carbons (Fsp3) is 0.707. The third-order valence-electron chi connectivity index (χ3n) is 14.1. The number of sulfonamides is 1. The molecule has 9 atom stereocenters. The zero-order valence-corrected chi connectivity index (χ0v) is 35.3. The number of aromatic nitrogens is 2. The number of ether oxygens (including phenoxy) is 3. The van der Waals surface area contributed by atoms with Crippen LogP contribution in [0.1, 0.15) is 98.6 Å². The van der Waals surface area contributed by atoms with Crippen molar-refractivity contribution in [2.45, 2.75) is 140 Å². The third-order valence-corrected chi connectivity index (χ3v) is 16.3. The summed E-state index contributed by atoms with van der Waals surface area (Å²) in [4.78, 5) is 67.8. The molecule has 1 aromatic heterocycles. The van der Waals surface area contributed by atoms with Crippen LogP contribution in [0.4, 0.5) is 13.6 Å². The van der Waals surface area contributed by atoms with Crippen molar-refractivity contribution >= 4 is 44.9 Å². The summed E-state index contributed by atoms with van der Waals surface area (Å²) < 4.78 is 73.7. The predicted octanol–water partition coefficient (Wildman–Crippen LogP) is 4.41. The summed E-state index contributed by atoms with van der Waals surface area (Å²) in [7, 11) is -2.71. The molecule has 1 aromatic carbocycles. The Bertz CT molecular complexity index is 2220. The molecule has 4 saturated carbocycles. The van der Waals surface area contributed by atoms with Crippen LogP contribution in [0.2, 0.25) is 0 Å². The van der Waals surface area contributed by atoms with Gasteiger partial charge in [0, 0.05) is 17.4 Å². The maximum atomic E-state index is 14.9. The van der Waals surface area contributed by atoms with Crippen LogP contribution in [0.25, 0.3) is 11.0 Å². The number of halogens is 2. The highest BCUT2D eigenvalue weighted by Gasteiger charge is 2.79. The zero-order chi connectivity index (χ0) is 42.7. The van der Waals surface area contributed by atoms with E-state index in [-0.39, 0.29) is 17.8 Å². The van der Waals surface area contributed by atoms with E-state index in [0.717, 1.165) is 25.7 Å². The minimum Gasteiger partial charge on any atom is -0.497 e. The number of hydrogen-bond donors (Lipinski definition) is 3. The molecule has 8 rings (SSSR count). The Morgan fingerprint density at radius 3 is 2.46 bits per heavy atom. The first kappa shape index (κ1) is 41.4. The maximum Gasteiger partial charge on any atom is 0.408 e. The summed E-state index contributed by atoms with van der Waals surface area (Å²) in [5, 5.41) is 5.28. The molecule has 1 spiro atoms. The second kappa shape index (κ2) is 13.8. The summed E-state index contributed by atoms with van der Waals surface area (Å²) >= 11 is 0. The van der Waals surface area contributed by atoms with E-state index in [9.17, 15) is 36.4 Å². The van der Waals surface area contributed by atoms with Crippen molar-refractivity contribution in [3.63, 3.8) is 0 Å². The first-order chi connectivity index (χ1) is 27.6. The van der Waals surface area contributed by atoms with E-state index in [1.165, 1.54) is 18.9 Å². The fourth-order valence-corrected chi connectivity index (χ4v) is 10.9. The molecule has 2 aliphatic heterocycles. The van der Waals surface area contributed by atoms with Gasteiger partial charge in [0.25, 0.3) is 5.91 Å². The molecule has 2 bridgehead atoms. The molecule has 4 aliphatic carbocycles. The normalized spacial score (nSPS) is 35.1. The Labute approximate surface area is 342 Å². The van der Waals surface area contributed by atoms with Crippen molar-refractivity contribution in [1.29, 1.82) is 0 Å². The van der Waals surface area contributed by atoms with Crippen LogP contribution in [-0.4, -0.2) is 101 Å². The molecule has 322 valence electrons. The second-order valence-corrected chi connectivity index (χ2v) is 21.5. The molecule has 18 heteroatoms. The van der Waals surface area contributed by atoms with Gasteiger partial charge in [0.2, 0.25) is 34.1 Å². The van der Waals surface area contributed by atoms with E-state index < -0.39 is 98.0 Å². The van der Waals surface area contributed by atoms with Crippen molar-refractivity contribution in [1.82, 2.24) is 30.2 Å². The Morgan fingerprint density at radius 1 is 1.08 bits per heavy atom. The summed E-state index contributed by atoms with van der Waals surface area (Å²) in [6.45, 7) is 10.1. The van der Waals surface area contributed by atoms with Gasteiger partial charge in [0.05, 0.1) is 35.4 Å². The lowest BCUT2D eigenvalue weighted by Crippen LogP contribution is -2.61. The number of alkyl halides is 2. The first-order valence-electron chi connectivity index (χ1n) is 20.6. The number of benzene rings is 1. The van der Waals surface area contributed by atoms with Gasteiger partial charge in [-0.05, 0) is 88.7 Å². The number of carbonyl (C=O) groups is 4. The van der Waals surface area contributed by atoms with E-state index in [0.29, 0.717) is 54.1 Å². The average Bonchev–Trinajstić information content (AvgIpc) is 4.08. The lowest BCUT2D eigenvalue weighted by atomic mass is 9.85. The molecular formula is C41H54F2N6O9S. The van der Waals surface area contributed by atoms with Gasteiger partial charge in [-0.25, -0.2) is 32.0 Å². The summed E-state index contributed by atoms with van der Waals surface area (Å²) in [6, 6.07) is 2.69. The van der Waals surface area contributed by atoms with Crippen LogP contribution in [-0.2, 0) is 35.6 Å². The Balaban J connectivity index is 1.16. The SMILES string of the molecule is COc1ccc2nc3c(nc2c1)O[C@H]1CN(C(=O)[C@H](C(C)(C)C)NC(=O)O[C@]2(C)CC24CC4CCCC3)[C@H](C(=O)N[C@]2(C(=O)NS(=O)(=O)C3(C)CC3)C[C@H]2C(F)F)[C@@H]1C. The van der Waals surface area contributed by atoms with Gasteiger partial charge in [-0.3, -0.25) is 19.1 Å². The molecule has 1 saturated heterocycles. The molecule has 59 heavy (non-hydrogen) atoms. The van der Waals surface area contributed by atoms with E-state index in [2.05, 4.69) is 10.6 Å². The third kappa shape index (κ3) is 7.13. The van der Waals surface area contributed by atoms with Crippen molar-refractivity contribution in [3.05, 3.63) is 23.9 Å². The van der Waals surface area contributed by atoms with E-state index in [1.807, 2.05) is 11.6 Å². The lowest BCUT2D eigenvalue weighted by molar-refractivity contribution is -0.143. The monoisotopic (exact) mass is 844 g/mol. The highest BCUT2D eigenvalue weighted by Crippen LogP contribution is 2.79.